The number of carboxylic acid groups (broad SMARTS) is 1. The van der Waals surface area contributed by atoms with Crippen molar-refractivity contribution in [3.05, 3.63) is 82.8 Å². The fourth-order valence-corrected chi connectivity index (χ4v) is 6.20. The molecule has 3 aliphatic rings. The molecule has 0 bridgehead atoms. The molecule has 16 heteroatoms. The van der Waals surface area contributed by atoms with Gasteiger partial charge in [-0.25, -0.2) is 28.7 Å². The first kappa shape index (κ1) is 31.2. The van der Waals surface area contributed by atoms with Gasteiger partial charge in [-0.15, -0.1) is 11.8 Å². The number of benzene rings is 2. The summed E-state index contributed by atoms with van der Waals surface area (Å²) < 4.78 is 18.1. The first-order chi connectivity index (χ1) is 21.5. The van der Waals surface area contributed by atoms with E-state index < -0.39 is 59.1 Å². The molecule has 0 aliphatic carbocycles. The van der Waals surface area contributed by atoms with Crippen LogP contribution < -0.4 is 10.6 Å². The van der Waals surface area contributed by atoms with Crippen molar-refractivity contribution < 1.29 is 43.0 Å². The molecule has 0 saturated carbocycles. The molecule has 2 fully saturated rings. The third kappa shape index (κ3) is 6.64. The Morgan fingerprint density at radius 1 is 1.11 bits per heavy atom. The Kier molecular flexibility index (Phi) is 9.13. The highest BCUT2D eigenvalue weighted by Crippen LogP contribution is 2.40. The van der Waals surface area contributed by atoms with Gasteiger partial charge in [0, 0.05) is 18.2 Å². The molecule has 2 aromatic carbocycles. The molecule has 3 heterocycles. The SMILES string of the molecule is CC(=O)OCC1=C(C(=O)O)N2C(=O)C(NC(=O)[C@H](NC(=O)N3CCN(N=Cc4ccc(F)cc4)C3=O)c3ccccc3)[C@H]2SC1. The molecule has 14 nitrogen and oxygen atoms in total. The molecular formula is C29H27FN6O8S. The zero-order chi connectivity index (χ0) is 32.2. The summed E-state index contributed by atoms with van der Waals surface area (Å²) in [5.41, 5.74) is 0.857. The number of thioether (sulfide) groups is 1. The Hall–Kier alpha value is -5.25. The van der Waals surface area contributed by atoms with E-state index in [1.165, 1.54) is 49.2 Å². The lowest BCUT2D eigenvalue weighted by Gasteiger charge is -2.49. The van der Waals surface area contributed by atoms with Crippen LogP contribution in [0.25, 0.3) is 0 Å². The number of imide groups is 1. The Balaban J connectivity index is 1.27. The average Bonchev–Trinajstić information content (AvgIpc) is 3.40. The number of urea groups is 2. The van der Waals surface area contributed by atoms with E-state index in [-0.39, 0.29) is 36.7 Å². The second-order valence-corrected chi connectivity index (χ2v) is 11.2. The maximum Gasteiger partial charge on any atom is 0.352 e. The van der Waals surface area contributed by atoms with Crippen molar-refractivity contribution in [1.82, 2.24) is 25.4 Å². The summed E-state index contributed by atoms with van der Waals surface area (Å²) in [6, 6.07) is 9.61. The van der Waals surface area contributed by atoms with Crippen LogP contribution in [0.3, 0.4) is 0 Å². The van der Waals surface area contributed by atoms with Crippen LogP contribution in [0, 0.1) is 5.82 Å². The van der Waals surface area contributed by atoms with Crippen molar-refractivity contribution in [1.29, 1.82) is 0 Å². The summed E-state index contributed by atoms with van der Waals surface area (Å²) >= 11 is 1.19. The molecule has 0 radical (unpaired) electrons. The normalized spacial score (nSPS) is 20.1. The molecule has 3 aliphatic heterocycles. The van der Waals surface area contributed by atoms with Crippen molar-refractivity contribution in [2.45, 2.75) is 24.4 Å². The van der Waals surface area contributed by atoms with Crippen LogP contribution in [-0.4, -0.2) is 98.8 Å². The monoisotopic (exact) mass is 638 g/mol. The number of β-lactam (4-membered cyclic amide) rings is 1. The van der Waals surface area contributed by atoms with Crippen LogP contribution in [0.1, 0.15) is 24.1 Å². The van der Waals surface area contributed by atoms with Crippen molar-refractivity contribution in [2.24, 2.45) is 5.10 Å². The van der Waals surface area contributed by atoms with E-state index in [1.54, 1.807) is 30.3 Å². The summed E-state index contributed by atoms with van der Waals surface area (Å²) in [4.78, 5) is 78.0. The highest BCUT2D eigenvalue weighted by molar-refractivity contribution is 8.00. The molecule has 45 heavy (non-hydrogen) atoms. The Morgan fingerprint density at radius 2 is 1.82 bits per heavy atom. The zero-order valence-corrected chi connectivity index (χ0v) is 24.5. The Morgan fingerprint density at radius 3 is 2.49 bits per heavy atom. The van der Waals surface area contributed by atoms with Crippen molar-refractivity contribution in [3.63, 3.8) is 0 Å². The number of esters is 1. The largest absolute Gasteiger partial charge is 0.477 e. The minimum absolute atomic E-state index is 0.0245. The highest BCUT2D eigenvalue weighted by atomic mass is 32.2. The number of hydrogen-bond acceptors (Lipinski definition) is 9. The van der Waals surface area contributed by atoms with E-state index >= 15 is 0 Å². The number of aliphatic carboxylic acids is 1. The van der Waals surface area contributed by atoms with Crippen molar-refractivity contribution >= 4 is 53.8 Å². The number of hydrazone groups is 1. The average molecular weight is 639 g/mol. The van der Waals surface area contributed by atoms with Gasteiger partial charge in [-0.05, 0) is 23.3 Å². The summed E-state index contributed by atoms with van der Waals surface area (Å²) in [6.45, 7) is 0.950. The van der Waals surface area contributed by atoms with Crippen LogP contribution in [0.2, 0.25) is 0 Å². The van der Waals surface area contributed by atoms with Crippen LogP contribution in [0.15, 0.2) is 71.0 Å². The van der Waals surface area contributed by atoms with E-state index in [2.05, 4.69) is 15.7 Å². The lowest BCUT2D eigenvalue weighted by molar-refractivity contribution is -0.151. The molecule has 5 rings (SSSR count). The summed E-state index contributed by atoms with van der Waals surface area (Å²) in [5, 5.41) is 19.3. The highest BCUT2D eigenvalue weighted by Gasteiger charge is 2.54. The van der Waals surface area contributed by atoms with Gasteiger partial charge < -0.3 is 20.5 Å². The summed E-state index contributed by atoms with van der Waals surface area (Å²) in [7, 11) is 0. The van der Waals surface area contributed by atoms with Crippen LogP contribution in [0.5, 0.6) is 0 Å². The third-order valence-electron chi connectivity index (χ3n) is 7.11. The Labute approximate surface area is 259 Å². The molecule has 3 atom stereocenters. The predicted molar refractivity (Wildman–Crippen MR) is 157 cm³/mol. The van der Waals surface area contributed by atoms with Crippen LogP contribution >= 0.6 is 11.8 Å². The van der Waals surface area contributed by atoms with E-state index in [4.69, 9.17) is 4.74 Å². The van der Waals surface area contributed by atoms with Gasteiger partial charge in [0.05, 0.1) is 19.3 Å². The number of carbonyl (C=O) groups is 6. The van der Waals surface area contributed by atoms with E-state index in [0.717, 1.165) is 14.8 Å². The number of ether oxygens (including phenoxy) is 1. The van der Waals surface area contributed by atoms with Gasteiger partial charge >= 0.3 is 24.0 Å². The van der Waals surface area contributed by atoms with Gasteiger partial charge in [-0.1, -0.05) is 42.5 Å². The number of fused-ring (bicyclic) bond motifs is 1. The van der Waals surface area contributed by atoms with Gasteiger partial charge in [0.2, 0.25) is 5.91 Å². The van der Waals surface area contributed by atoms with Gasteiger partial charge in [0.25, 0.3) is 5.91 Å². The maximum absolute atomic E-state index is 13.5. The number of amides is 6. The second-order valence-electron chi connectivity index (χ2n) is 10.1. The second kappa shape index (κ2) is 13.2. The predicted octanol–water partition coefficient (Wildman–Crippen LogP) is 1.65. The maximum atomic E-state index is 13.5. The molecule has 6 amide bonds. The first-order valence-electron chi connectivity index (χ1n) is 13.6. The molecule has 1 unspecified atom stereocenters. The molecule has 2 saturated heterocycles. The molecule has 0 spiro atoms. The van der Waals surface area contributed by atoms with Crippen LogP contribution in [-0.2, 0) is 23.9 Å². The number of nitrogens with zero attached hydrogens (tertiary/aromatic N) is 4. The minimum atomic E-state index is -1.37. The molecule has 0 aromatic heterocycles. The number of carboxylic acids is 1. The van der Waals surface area contributed by atoms with Crippen molar-refractivity contribution in [3.8, 4) is 0 Å². The van der Waals surface area contributed by atoms with Gasteiger partial charge in [0.1, 0.15) is 35.6 Å². The lowest BCUT2D eigenvalue weighted by Crippen LogP contribution is -2.71. The fourth-order valence-electron chi connectivity index (χ4n) is 4.87. The standard InChI is InChI=1S/C29H27FN6O8S/c1-16(37)44-14-19-15-45-26-22(25(39)36(26)23(19)27(40)41)32-24(38)21(18-5-3-2-4-6-18)33-28(42)34-11-12-35(29(34)43)31-13-17-7-9-20(30)10-8-17/h2-10,13,21-22,26H,11-12,14-15H2,1H3,(H,32,38)(H,33,42)(H,40,41)/t21-,22?,26-/m1/s1. The van der Waals surface area contributed by atoms with Crippen LogP contribution in [0.4, 0.5) is 14.0 Å². The lowest BCUT2D eigenvalue weighted by atomic mass is 10.0. The van der Waals surface area contributed by atoms with Crippen molar-refractivity contribution in [2.75, 3.05) is 25.4 Å². The number of hydrogen-bond donors (Lipinski definition) is 3. The summed E-state index contributed by atoms with van der Waals surface area (Å²) in [6.07, 6.45) is 1.35. The molecule has 2 aromatic rings. The third-order valence-corrected chi connectivity index (χ3v) is 8.45. The smallest absolute Gasteiger partial charge is 0.352 e. The number of carbonyl (C=O) groups excluding carboxylic acids is 5. The molecule has 234 valence electrons. The first-order valence-corrected chi connectivity index (χ1v) is 14.7. The van der Waals surface area contributed by atoms with E-state index in [0.29, 0.717) is 11.1 Å². The fraction of sp³-hybridized carbons (Fsp3) is 0.276. The van der Waals surface area contributed by atoms with Gasteiger partial charge in [-0.2, -0.15) is 5.10 Å². The Bertz CT molecular complexity index is 1600. The summed E-state index contributed by atoms with van der Waals surface area (Å²) in [5.74, 6) is -3.69. The molecule has 3 N–H and O–H groups in total. The topological polar surface area (TPSA) is 178 Å². The quantitative estimate of drug-likeness (QED) is 0.209. The van der Waals surface area contributed by atoms with E-state index in [9.17, 15) is 38.3 Å². The van der Waals surface area contributed by atoms with Gasteiger partial charge in [-0.3, -0.25) is 19.3 Å². The van der Waals surface area contributed by atoms with Gasteiger partial charge in [0.15, 0.2) is 0 Å². The van der Waals surface area contributed by atoms with E-state index in [1.807, 2.05) is 0 Å². The zero-order valence-electron chi connectivity index (χ0n) is 23.7. The number of rotatable bonds is 9. The number of nitrogens with one attached hydrogen (secondary N) is 2. The molecular weight excluding hydrogens is 611 g/mol. The minimum Gasteiger partial charge on any atom is -0.477 e. The number of halogens is 1.